The van der Waals surface area contributed by atoms with Gasteiger partial charge in [0.15, 0.2) is 0 Å². The molecule has 0 amide bonds. The smallest absolute Gasteiger partial charge is 0.390 e. The number of alkyl halides is 3. The molecule has 2 aromatic rings. The topological polar surface area (TPSA) is 69.2 Å². The summed E-state index contributed by atoms with van der Waals surface area (Å²) in [6.45, 7) is 5.55. The van der Waals surface area contributed by atoms with E-state index in [0.29, 0.717) is 28.8 Å². The zero-order valence-corrected chi connectivity index (χ0v) is 17.6. The van der Waals surface area contributed by atoms with Crippen molar-refractivity contribution in [2.24, 2.45) is 0 Å². The van der Waals surface area contributed by atoms with Gasteiger partial charge >= 0.3 is 6.18 Å². The molecular formula is C22H26F4N4O. The number of nitrogens with one attached hydrogen (secondary N) is 3. The van der Waals surface area contributed by atoms with Crippen LogP contribution in [0.25, 0.3) is 0 Å². The van der Waals surface area contributed by atoms with Crippen molar-refractivity contribution >= 4 is 5.82 Å². The van der Waals surface area contributed by atoms with E-state index >= 15 is 0 Å². The van der Waals surface area contributed by atoms with Gasteiger partial charge in [-0.1, -0.05) is 6.58 Å². The van der Waals surface area contributed by atoms with Crippen molar-refractivity contribution in [3.63, 3.8) is 0 Å². The molecule has 1 unspecified atom stereocenters. The average Bonchev–Trinajstić information content (AvgIpc) is 2.71. The first-order chi connectivity index (χ1) is 14.6. The molecule has 0 aliphatic rings. The molecule has 1 atom stereocenters. The molecule has 168 valence electrons. The van der Waals surface area contributed by atoms with Crippen molar-refractivity contribution in [2.45, 2.75) is 25.6 Å². The van der Waals surface area contributed by atoms with Gasteiger partial charge in [0.1, 0.15) is 11.6 Å². The zero-order chi connectivity index (χ0) is 23.2. The Bertz CT molecular complexity index is 957. The summed E-state index contributed by atoms with van der Waals surface area (Å²) in [5.74, 6) is -0.558. The first kappa shape index (κ1) is 24.4. The molecular weight excluding hydrogens is 412 g/mol. The van der Waals surface area contributed by atoms with Crippen LogP contribution in [0.15, 0.2) is 60.1 Å². The highest BCUT2D eigenvalue weighted by Gasteiger charge is 2.31. The van der Waals surface area contributed by atoms with Gasteiger partial charge in [-0.05, 0) is 61.9 Å². The van der Waals surface area contributed by atoms with E-state index in [9.17, 15) is 22.7 Å². The number of hydrogen-bond donors (Lipinski definition) is 4. The number of aliphatic hydroxyl groups excluding tert-OH is 1. The van der Waals surface area contributed by atoms with E-state index in [1.807, 2.05) is 6.92 Å². The normalized spacial score (nSPS) is 13.4. The maximum Gasteiger partial charge on any atom is 0.416 e. The summed E-state index contributed by atoms with van der Waals surface area (Å²) in [6.07, 6.45) is -3.05. The fourth-order valence-corrected chi connectivity index (χ4v) is 3.13. The summed E-state index contributed by atoms with van der Waals surface area (Å²) in [5, 5.41) is 19.0. The van der Waals surface area contributed by atoms with Crippen LogP contribution >= 0.6 is 0 Å². The Kier molecular flexibility index (Phi) is 8.18. The lowest BCUT2D eigenvalue weighted by atomic mass is 10.0. The van der Waals surface area contributed by atoms with Gasteiger partial charge in [-0.15, -0.1) is 0 Å². The monoisotopic (exact) mass is 438 g/mol. The molecule has 0 aliphatic carbocycles. The highest BCUT2D eigenvalue weighted by atomic mass is 19.4. The number of rotatable bonds is 9. The van der Waals surface area contributed by atoms with Crippen molar-refractivity contribution in [1.29, 1.82) is 0 Å². The summed E-state index contributed by atoms with van der Waals surface area (Å²) < 4.78 is 52.6. The summed E-state index contributed by atoms with van der Waals surface area (Å²) in [4.78, 5) is 4.21. The van der Waals surface area contributed by atoms with Gasteiger partial charge in [0.25, 0.3) is 0 Å². The van der Waals surface area contributed by atoms with Gasteiger partial charge < -0.3 is 21.1 Å². The number of benzene rings is 1. The quantitative estimate of drug-likeness (QED) is 0.354. The molecule has 0 bridgehead atoms. The highest BCUT2D eigenvalue weighted by molar-refractivity contribution is 5.49. The van der Waals surface area contributed by atoms with E-state index in [1.54, 1.807) is 26.2 Å². The number of nitrogens with zero attached hydrogens (tertiary/aromatic N) is 1. The fourth-order valence-electron chi connectivity index (χ4n) is 3.13. The molecule has 1 aromatic heterocycles. The van der Waals surface area contributed by atoms with Crippen molar-refractivity contribution in [2.75, 3.05) is 26.0 Å². The Morgan fingerprint density at radius 1 is 1.16 bits per heavy atom. The number of pyridine rings is 1. The number of aliphatic hydroxyl groups is 1. The minimum atomic E-state index is -4.63. The third kappa shape index (κ3) is 6.53. The van der Waals surface area contributed by atoms with Crippen molar-refractivity contribution in [3.8, 4) is 0 Å². The van der Waals surface area contributed by atoms with Crippen LogP contribution in [0.2, 0.25) is 0 Å². The SMILES string of the molecule is C=C(NC)/C(=C(\CO)Nc1cc(Cc2cc(F)cc(C(F)(F)F)c2)ccn1)C(C)NC. The van der Waals surface area contributed by atoms with E-state index in [2.05, 4.69) is 27.5 Å². The standard InChI is InChI=1S/C22H26F4N4O/c1-13(27-3)21(14(2)28-4)19(12-31)30-20-10-15(5-6-29-20)7-16-8-17(22(24,25)26)11-18(23)9-16/h5-6,8-11,14,27-28,31H,1,7,12H2,2-4H3,(H,29,30)/b21-19-. The molecule has 0 fully saturated rings. The van der Waals surface area contributed by atoms with Crippen LogP contribution in [-0.4, -0.2) is 36.8 Å². The minimum absolute atomic E-state index is 0.0826. The maximum atomic E-state index is 13.7. The molecule has 9 heteroatoms. The van der Waals surface area contributed by atoms with E-state index in [1.165, 1.54) is 6.20 Å². The third-order valence-corrected chi connectivity index (χ3v) is 4.77. The number of hydrogen-bond acceptors (Lipinski definition) is 5. The second-order valence-electron chi connectivity index (χ2n) is 6.99. The first-order valence-corrected chi connectivity index (χ1v) is 9.55. The van der Waals surface area contributed by atoms with Gasteiger partial charge in [-0.25, -0.2) is 9.37 Å². The van der Waals surface area contributed by atoms with E-state index in [0.717, 1.165) is 17.7 Å². The summed E-state index contributed by atoms with van der Waals surface area (Å²) >= 11 is 0. The lowest BCUT2D eigenvalue weighted by molar-refractivity contribution is -0.137. The van der Waals surface area contributed by atoms with Crippen molar-refractivity contribution in [3.05, 3.63) is 82.6 Å². The predicted molar refractivity (Wildman–Crippen MR) is 113 cm³/mol. The largest absolute Gasteiger partial charge is 0.416 e. The minimum Gasteiger partial charge on any atom is -0.390 e. The molecule has 0 radical (unpaired) electrons. The number of likely N-dealkylation sites (N-methyl/N-ethyl adjacent to an activating group) is 2. The van der Waals surface area contributed by atoms with Crippen LogP contribution in [-0.2, 0) is 12.6 Å². The van der Waals surface area contributed by atoms with Crippen LogP contribution in [0, 0.1) is 5.82 Å². The Hall–Kier alpha value is -2.91. The average molecular weight is 438 g/mol. The zero-order valence-electron chi connectivity index (χ0n) is 17.6. The second kappa shape index (κ2) is 10.4. The Balaban J connectivity index is 2.34. The molecule has 1 aromatic carbocycles. The van der Waals surface area contributed by atoms with Gasteiger partial charge in [-0.2, -0.15) is 13.2 Å². The summed E-state index contributed by atoms with van der Waals surface area (Å²) in [7, 11) is 3.49. The molecule has 31 heavy (non-hydrogen) atoms. The molecule has 2 rings (SSSR count). The molecule has 1 heterocycles. The number of halogens is 4. The first-order valence-electron chi connectivity index (χ1n) is 9.55. The van der Waals surface area contributed by atoms with Crippen LogP contribution in [0.1, 0.15) is 23.6 Å². The van der Waals surface area contributed by atoms with Crippen molar-refractivity contribution < 1.29 is 22.7 Å². The van der Waals surface area contributed by atoms with Gasteiger partial charge in [0.05, 0.1) is 12.2 Å². The Morgan fingerprint density at radius 3 is 2.45 bits per heavy atom. The van der Waals surface area contributed by atoms with Crippen LogP contribution in [0.3, 0.4) is 0 Å². The predicted octanol–water partition coefficient (Wildman–Crippen LogP) is 3.83. The van der Waals surface area contributed by atoms with Crippen LogP contribution in [0.4, 0.5) is 23.4 Å². The highest BCUT2D eigenvalue weighted by Crippen LogP contribution is 2.31. The summed E-state index contributed by atoms with van der Waals surface area (Å²) in [5.41, 5.74) is 1.58. The summed E-state index contributed by atoms with van der Waals surface area (Å²) in [6, 6.07) is 5.61. The Labute approximate surface area is 178 Å². The number of anilines is 1. The Morgan fingerprint density at radius 2 is 1.87 bits per heavy atom. The molecule has 0 aliphatic heterocycles. The molecule has 4 N–H and O–H groups in total. The van der Waals surface area contributed by atoms with Crippen LogP contribution < -0.4 is 16.0 Å². The molecule has 0 saturated carbocycles. The van der Waals surface area contributed by atoms with Gasteiger partial charge in [0, 0.05) is 36.3 Å². The third-order valence-electron chi connectivity index (χ3n) is 4.77. The lowest BCUT2D eigenvalue weighted by Crippen LogP contribution is -2.30. The van der Waals surface area contributed by atoms with Gasteiger partial charge in [-0.3, -0.25) is 0 Å². The van der Waals surface area contributed by atoms with Crippen molar-refractivity contribution in [1.82, 2.24) is 15.6 Å². The van der Waals surface area contributed by atoms with Crippen LogP contribution in [0.5, 0.6) is 0 Å². The van der Waals surface area contributed by atoms with E-state index < -0.39 is 17.6 Å². The lowest BCUT2D eigenvalue weighted by Gasteiger charge is -2.22. The second-order valence-corrected chi connectivity index (χ2v) is 6.99. The fraction of sp³-hybridized carbons (Fsp3) is 0.318. The van der Waals surface area contributed by atoms with E-state index in [-0.39, 0.29) is 24.6 Å². The van der Waals surface area contributed by atoms with Gasteiger partial charge in [0.2, 0.25) is 0 Å². The van der Waals surface area contributed by atoms with E-state index in [4.69, 9.17) is 0 Å². The maximum absolute atomic E-state index is 13.7. The molecule has 0 saturated heterocycles. The molecule has 5 nitrogen and oxygen atoms in total. The number of aromatic nitrogens is 1. The molecule has 0 spiro atoms.